The van der Waals surface area contributed by atoms with Crippen LogP contribution in [0.15, 0.2) is 47.4 Å². The molecule has 10 heteroatoms. The molecule has 0 saturated carbocycles. The molecule has 0 aliphatic heterocycles. The molecule has 2 aromatic carbocycles. The number of terminal acetylenes is 1. The van der Waals surface area contributed by atoms with Crippen molar-refractivity contribution in [3.05, 3.63) is 59.5 Å². The van der Waals surface area contributed by atoms with Gasteiger partial charge in [0.2, 0.25) is 10.0 Å². The van der Waals surface area contributed by atoms with E-state index in [-0.39, 0.29) is 32.8 Å². The Labute approximate surface area is 170 Å². The van der Waals surface area contributed by atoms with E-state index in [9.17, 15) is 26.0 Å². The van der Waals surface area contributed by atoms with Crippen LogP contribution in [0.4, 0.5) is 17.6 Å². The lowest BCUT2D eigenvalue weighted by molar-refractivity contribution is -0.143. The first kappa shape index (κ1) is 21.5. The third kappa shape index (κ3) is 4.08. The number of hydrogen-bond acceptors (Lipinski definition) is 3. The van der Waals surface area contributed by atoms with E-state index in [0.29, 0.717) is 4.68 Å². The van der Waals surface area contributed by atoms with Crippen LogP contribution >= 0.6 is 0 Å². The Balaban J connectivity index is 2.34. The number of primary sulfonamides is 1. The molecule has 3 rings (SSSR count). The Morgan fingerprint density at radius 1 is 1.13 bits per heavy atom. The summed E-state index contributed by atoms with van der Waals surface area (Å²) in [4.78, 5) is -0.215. The molecule has 5 nitrogen and oxygen atoms in total. The number of rotatable bonds is 4. The van der Waals surface area contributed by atoms with Crippen LogP contribution in [0.1, 0.15) is 11.3 Å². The molecule has 0 atom stereocenters. The zero-order valence-electron chi connectivity index (χ0n) is 15.5. The third-order valence-corrected chi connectivity index (χ3v) is 5.31. The lowest BCUT2D eigenvalue weighted by Crippen LogP contribution is -2.15. The number of halogens is 4. The van der Waals surface area contributed by atoms with Crippen molar-refractivity contribution in [3.63, 3.8) is 0 Å². The predicted molar refractivity (Wildman–Crippen MR) is 103 cm³/mol. The molecule has 0 aliphatic carbocycles. The summed E-state index contributed by atoms with van der Waals surface area (Å²) >= 11 is 0. The van der Waals surface area contributed by atoms with Gasteiger partial charge in [-0.1, -0.05) is 30.2 Å². The molecule has 0 saturated heterocycles. The van der Waals surface area contributed by atoms with E-state index in [4.69, 9.17) is 11.6 Å². The molecule has 0 aliphatic rings. The summed E-state index contributed by atoms with van der Waals surface area (Å²) in [6.07, 6.45) is 0.368. The zero-order chi connectivity index (χ0) is 22.3. The third-order valence-electron chi connectivity index (χ3n) is 4.38. The lowest BCUT2D eigenvalue weighted by atomic mass is 9.97. The van der Waals surface area contributed by atoms with Crippen molar-refractivity contribution in [1.82, 2.24) is 9.78 Å². The average Bonchev–Trinajstić information content (AvgIpc) is 3.03. The van der Waals surface area contributed by atoms with Crippen molar-refractivity contribution < 1.29 is 26.0 Å². The van der Waals surface area contributed by atoms with Gasteiger partial charge in [0.05, 0.1) is 4.90 Å². The standard InChI is InChI=1S/C20H15F4N3O2S/c1-3-10-27-19(20(22,23)24)17(14-5-4-12(2)16(21)11-14)18(26-27)13-6-8-15(9-7-13)30(25,28)29/h1,4-9,11H,10H2,2H3,(H2,25,28,29). The summed E-state index contributed by atoms with van der Waals surface area (Å²) in [6.45, 7) is 1.02. The number of alkyl halides is 3. The lowest BCUT2D eigenvalue weighted by Gasteiger charge is -2.12. The van der Waals surface area contributed by atoms with Crippen LogP contribution in [0, 0.1) is 25.1 Å². The van der Waals surface area contributed by atoms with Crippen molar-refractivity contribution in [1.29, 1.82) is 0 Å². The van der Waals surface area contributed by atoms with E-state index in [1.165, 1.54) is 31.2 Å². The molecule has 3 aromatic rings. The highest BCUT2D eigenvalue weighted by atomic mass is 32.2. The minimum Gasteiger partial charge on any atom is -0.247 e. The van der Waals surface area contributed by atoms with E-state index >= 15 is 0 Å². The first-order chi connectivity index (χ1) is 13.9. The van der Waals surface area contributed by atoms with Crippen LogP contribution in [0.2, 0.25) is 0 Å². The largest absolute Gasteiger partial charge is 0.433 e. The number of hydrogen-bond donors (Lipinski definition) is 1. The SMILES string of the molecule is C#CCn1nc(-c2ccc(S(N)(=O)=O)cc2)c(-c2ccc(C)c(F)c2)c1C(F)(F)F. The quantitative estimate of drug-likeness (QED) is 0.496. The molecule has 0 amide bonds. The van der Waals surface area contributed by atoms with Gasteiger partial charge in [0, 0.05) is 11.1 Å². The second-order valence-corrected chi connectivity index (χ2v) is 8.03. The Morgan fingerprint density at radius 3 is 2.23 bits per heavy atom. The maximum Gasteiger partial charge on any atom is 0.433 e. The van der Waals surface area contributed by atoms with E-state index in [0.717, 1.165) is 18.2 Å². The zero-order valence-corrected chi connectivity index (χ0v) is 16.4. The summed E-state index contributed by atoms with van der Waals surface area (Å²) in [6, 6.07) is 8.55. The summed E-state index contributed by atoms with van der Waals surface area (Å²) < 4.78 is 79.5. The van der Waals surface area contributed by atoms with Gasteiger partial charge in [-0.3, -0.25) is 0 Å². The number of benzene rings is 2. The summed E-state index contributed by atoms with van der Waals surface area (Å²) in [5, 5.41) is 9.07. The van der Waals surface area contributed by atoms with Gasteiger partial charge in [-0.25, -0.2) is 22.6 Å². The first-order valence-electron chi connectivity index (χ1n) is 8.44. The Bertz CT molecular complexity index is 1250. The van der Waals surface area contributed by atoms with Gasteiger partial charge in [-0.15, -0.1) is 6.42 Å². The topological polar surface area (TPSA) is 78.0 Å². The van der Waals surface area contributed by atoms with Crippen molar-refractivity contribution >= 4 is 10.0 Å². The summed E-state index contributed by atoms with van der Waals surface area (Å²) in [5.41, 5.74) is -1.21. The highest BCUT2D eigenvalue weighted by Crippen LogP contribution is 2.43. The van der Waals surface area contributed by atoms with Crippen molar-refractivity contribution in [2.45, 2.75) is 24.5 Å². The minimum absolute atomic E-state index is 0.0424. The van der Waals surface area contributed by atoms with Gasteiger partial charge in [0.15, 0.2) is 5.69 Å². The summed E-state index contributed by atoms with van der Waals surface area (Å²) in [7, 11) is -3.99. The fourth-order valence-corrected chi connectivity index (χ4v) is 3.49. The first-order valence-corrected chi connectivity index (χ1v) is 9.99. The van der Waals surface area contributed by atoms with Crippen molar-refractivity contribution in [3.8, 4) is 34.7 Å². The maximum atomic E-state index is 14.1. The number of aryl methyl sites for hydroxylation is 1. The van der Waals surface area contributed by atoms with Crippen LogP contribution in [0.5, 0.6) is 0 Å². The van der Waals surface area contributed by atoms with Crippen LogP contribution in [-0.2, 0) is 22.7 Å². The van der Waals surface area contributed by atoms with Crippen LogP contribution in [-0.4, -0.2) is 18.2 Å². The second kappa shape index (κ2) is 7.59. The molecule has 1 aromatic heterocycles. The second-order valence-electron chi connectivity index (χ2n) is 6.47. The van der Waals surface area contributed by atoms with Gasteiger partial charge in [-0.2, -0.15) is 18.3 Å². The van der Waals surface area contributed by atoms with Gasteiger partial charge in [-0.05, 0) is 36.2 Å². The van der Waals surface area contributed by atoms with Crippen LogP contribution < -0.4 is 5.14 Å². The number of nitrogens with two attached hydrogens (primary N) is 1. The van der Waals surface area contributed by atoms with Gasteiger partial charge < -0.3 is 0 Å². The summed E-state index contributed by atoms with van der Waals surface area (Å²) in [5.74, 6) is 1.44. The molecule has 1 heterocycles. The normalized spacial score (nSPS) is 12.0. The molecule has 156 valence electrons. The fraction of sp³-hybridized carbons (Fsp3) is 0.150. The molecule has 0 unspecified atom stereocenters. The van der Waals surface area contributed by atoms with Gasteiger partial charge in [0.1, 0.15) is 18.1 Å². The maximum absolute atomic E-state index is 14.1. The monoisotopic (exact) mass is 437 g/mol. The molecule has 0 bridgehead atoms. The van der Waals surface area contributed by atoms with E-state index < -0.39 is 34.3 Å². The van der Waals surface area contributed by atoms with Crippen molar-refractivity contribution in [2.75, 3.05) is 0 Å². The number of sulfonamides is 1. The molecular formula is C20H15F4N3O2S. The highest BCUT2D eigenvalue weighted by Gasteiger charge is 2.40. The van der Waals surface area contributed by atoms with Gasteiger partial charge >= 0.3 is 6.18 Å². The molecule has 30 heavy (non-hydrogen) atoms. The van der Waals surface area contributed by atoms with Crippen molar-refractivity contribution in [2.24, 2.45) is 5.14 Å². The Kier molecular flexibility index (Phi) is 5.45. The Morgan fingerprint density at radius 2 is 1.73 bits per heavy atom. The van der Waals surface area contributed by atoms with Gasteiger partial charge in [0.25, 0.3) is 0 Å². The van der Waals surface area contributed by atoms with E-state index in [1.807, 2.05) is 0 Å². The number of nitrogens with zero attached hydrogens (tertiary/aromatic N) is 2. The van der Waals surface area contributed by atoms with E-state index in [1.54, 1.807) is 0 Å². The molecule has 0 spiro atoms. The highest BCUT2D eigenvalue weighted by molar-refractivity contribution is 7.89. The van der Waals surface area contributed by atoms with Crippen LogP contribution in [0.3, 0.4) is 0 Å². The minimum atomic E-state index is -4.83. The van der Waals surface area contributed by atoms with E-state index in [2.05, 4.69) is 11.0 Å². The van der Waals surface area contributed by atoms with Crippen LogP contribution in [0.25, 0.3) is 22.4 Å². The fourth-order valence-electron chi connectivity index (χ4n) is 2.98. The predicted octanol–water partition coefficient (Wildman–Crippen LogP) is 3.96. The molecule has 0 radical (unpaired) electrons. The Hall–Kier alpha value is -3.16. The molecule has 2 N–H and O–H groups in total. The molecular weight excluding hydrogens is 422 g/mol. The smallest absolute Gasteiger partial charge is 0.247 e. The molecule has 0 fully saturated rings. The number of aromatic nitrogens is 2. The average molecular weight is 437 g/mol.